The highest BCUT2D eigenvalue weighted by atomic mass is 79.9. The van der Waals surface area contributed by atoms with E-state index in [1.807, 2.05) is 55.4 Å². The van der Waals surface area contributed by atoms with Gasteiger partial charge in [-0.3, -0.25) is 4.79 Å². The number of nitrogens with one attached hydrogen (secondary N) is 1. The fourth-order valence-electron chi connectivity index (χ4n) is 2.31. The Morgan fingerprint density at radius 2 is 1.96 bits per heavy atom. The van der Waals surface area contributed by atoms with Crippen molar-refractivity contribution in [2.45, 2.75) is 0 Å². The van der Waals surface area contributed by atoms with Gasteiger partial charge >= 0.3 is 5.91 Å². The molecule has 3 rings (SSSR count). The summed E-state index contributed by atoms with van der Waals surface area (Å²) in [7, 11) is 3.94. The predicted molar refractivity (Wildman–Crippen MR) is 107 cm³/mol. The number of fused-ring (bicyclic) bond motifs is 1. The molecule has 0 aliphatic rings. The Bertz CT molecular complexity index is 964. The molecule has 7 heteroatoms. The lowest BCUT2D eigenvalue weighted by Crippen LogP contribution is -2.16. The van der Waals surface area contributed by atoms with Crippen molar-refractivity contribution >= 4 is 60.6 Å². The summed E-state index contributed by atoms with van der Waals surface area (Å²) in [5, 5.41) is 4.85. The Morgan fingerprint density at radius 1 is 1.16 bits per heavy atom. The van der Waals surface area contributed by atoms with Crippen molar-refractivity contribution in [2.75, 3.05) is 19.0 Å². The van der Waals surface area contributed by atoms with Crippen molar-refractivity contribution in [3.63, 3.8) is 0 Å². The lowest BCUT2D eigenvalue weighted by atomic mass is 10.2. The Morgan fingerprint density at radius 3 is 2.68 bits per heavy atom. The molecule has 0 saturated heterocycles. The fraction of sp³-hybridized carbons (Fsp3) is 0.111. The summed E-state index contributed by atoms with van der Waals surface area (Å²) in [5.74, 6) is -0.179. The second kappa shape index (κ2) is 7.41. The Balaban J connectivity index is 1.70. The van der Waals surface area contributed by atoms with Gasteiger partial charge in [-0.15, -0.1) is 0 Å². The van der Waals surface area contributed by atoms with Gasteiger partial charge in [-0.2, -0.15) is 5.10 Å². The van der Waals surface area contributed by atoms with Crippen molar-refractivity contribution in [3.05, 3.63) is 62.7 Å². The number of halogens is 2. The van der Waals surface area contributed by atoms with Gasteiger partial charge in [-0.05, 0) is 57.9 Å². The van der Waals surface area contributed by atoms with Gasteiger partial charge < -0.3 is 9.32 Å². The van der Waals surface area contributed by atoms with E-state index in [0.717, 1.165) is 25.6 Å². The number of hydrogen-bond acceptors (Lipinski definition) is 4. The second-order valence-corrected chi connectivity index (χ2v) is 7.37. The molecule has 0 fully saturated rings. The van der Waals surface area contributed by atoms with Crippen molar-refractivity contribution in [3.8, 4) is 0 Å². The highest BCUT2D eigenvalue weighted by Crippen LogP contribution is 2.25. The average Bonchev–Trinajstić information content (AvgIpc) is 2.97. The van der Waals surface area contributed by atoms with E-state index in [1.165, 1.54) is 0 Å². The number of anilines is 1. The molecule has 0 spiro atoms. The van der Waals surface area contributed by atoms with E-state index >= 15 is 0 Å². The zero-order valence-corrected chi connectivity index (χ0v) is 16.8. The quantitative estimate of drug-likeness (QED) is 0.446. The average molecular weight is 465 g/mol. The molecule has 0 aliphatic heterocycles. The smallest absolute Gasteiger partial charge is 0.307 e. The number of nitrogens with zero attached hydrogens (tertiary/aromatic N) is 2. The molecule has 1 heterocycles. The Labute approximate surface area is 161 Å². The minimum atomic E-state index is -0.396. The van der Waals surface area contributed by atoms with Crippen LogP contribution in [0.2, 0.25) is 0 Å². The highest BCUT2D eigenvalue weighted by Gasteiger charge is 2.11. The lowest BCUT2D eigenvalue weighted by Gasteiger charge is -2.14. The summed E-state index contributed by atoms with van der Waals surface area (Å²) in [4.78, 5) is 14.2. The molecule has 0 radical (unpaired) electrons. The van der Waals surface area contributed by atoms with E-state index in [2.05, 4.69) is 42.4 Å². The van der Waals surface area contributed by atoms with E-state index in [0.29, 0.717) is 5.58 Å². The van der Waals surface area contributed by atoms with Crippen LogP contribution < -0.4 is 10.3 Å². The molecule has 0 saturated carbocycles. The van der Waals surface area contributed by atoms with Crippen LogP contribution in [-0.2, 0) is 0 Å². The number of amides is 1. The molecule has 3 aromatic rings. The molecule has 0 aliphatic carbocycles. The van der Waals surface area contributed by atoms with Crippen molar-refractivity contribution in [1.82, 2.24) is 5.43 Å². The van der Waals surface area contributed by atoms with Crippen LogP contribution in [0, 0.1) is 0 Å². The monoisotopic (exact) mass is 463 g/mol. The summed E-state index contributed by atoms with van der Waals surface area (Å²) in [6.07, 6.45) is 1.58. The van der Waals surface area contributed by atoms with Crippen LogP contribution in [0.5, 0.6) is 0 Å². The summed E-state index contributed by atoms with van der Waals surface area (Å²) in [6.45, 7) is 0. The Hall–Kier alpha value is -2.12. The van der Waals surface area contributed by atoms with Gasteiger partial charge in [0, 0.05) is 28.4 Å². The lowest BCUT2D eigenvalue weighted by molar-refractivity contribution is 0.0929. The highest BCUT2D eigenvalue weighted by molar-refractivity contribution is 9.10. The van der Waals surface area contributed by atoms with Crippen LogP contribution in [0.25, 0.3) is 11.0 Å². The minimum absolute atomic E-state index is 0.217. The van der Waals surface area contributed by atoms with Gasteiger partial charge in [-0.25, -0.2) is 5.43 Å². The minimum Gasteiger partial charge on any atom is -0.451 e. The maximum atomic E-state index is 12.2. The number of carbonyl (C=O) groups excluding carboxylic acids is 1. The van der Waals surface area contributed by atoms with Crippen LogP contribution in [-0.4, -0.2) is 26.2 Å². The van der Waals surface area contributed by atoms with E-state index in [9.17, 15) is 4.79 Å². The number of furan rings is 1. The number of benzene rings is 2. The summed E-state index contributed by atoms with van der Waals surface area (Å²) in [5.41, 5.74) is 5.06. The van der Waals surface area contributed by atoms with Gasteiger partial charge in [0.2, 0.25) is 0 Å². The molecule has 1 N–H and O–H groups in total. The number of rotatable bonds is 4. The van der Waals surface area contributed by atoms with Crippen LogP contribution in [0.15, 0.2) is 60.9 Å². The van der Waals surface area contributed by atoms with E-state index in [-0.39, 0.29) is 5.76 Å². The molecule has 0 unspecified atom stereocenters. The van der Waals surface area contributed by atoms with Crippen LogP contribution in [0.3, 0.4) is 0 Å². The zero-order chi connectivity index (χ0) is 18.0. The normalized spacial score (nSPS) is 11.2. The van der Waals surface area contributed by atoms with Gasteiger partial charge in [0.15, 0.2) is 5.76 Å². The van der Waals surface area contributed by atoms with Crippen LogP contribution in [0.4, 0.5) is 5.69 Å². The van der Waals surface area contributed by atoms with Gasteiger partial charge in [0.05, 0.1) is 11.9 Å². The third kappa shape index (κ3) is 4.11. The third-order valence-corrected chi connectivity index (χ3v) is 4.66. The molecule has 1 aromatic heterocycles. The first kappa shape index (κ1) is 17.7. The molecule has 0 atom stereocenters. The van der Waals surface area contributed by atoms with Gasteiger partial charge in [0.25, 0.3) is 0 Å². The molecule has 2 aromatic carbocycles. The molecule has 5 nitrogen and oxygen atoms in total. The van der Waals surface area contributed by atoms with E-state index in [1.54, 1.807) is 12.3 Å². The summed E-state index contributed by atoms with van der Waals surface area (Å²) < 4.78 is 7.41. The van der Waals surface area contributed by atoms with Crippen LogP contribution in [0.1, 0.15) is 16.1 Å². The SMILES string of the molecule is CN(C)c1ccc(/C=N/NC(=O)c2cc3cc(Br)ccc3o2)cc1Br. The second-order valence-electron chi connectivity index (χ2n) is 5.60. The fourth-order valence-corrected chi connectivity index (χ4v) is 3.44. The zero-order valence-electron chi connectivity index (χ0n) is 13.6. The number of hydrogen-bond donors (Lipinski definition) is 1. The first-order chi connectivity index (χ1) is 11.9. The number of hydrazone groups is 1. The maximum Gasteiger partial charge on any atom is 0.307 e. The molecule has 0 bridgehead atoms. The molecular weight excluding hydrogens is 450 g/mol. The first-order valence-electron chi connectivity index (χ1n) is 7.43. The summed E-state index contributed by atoms with van der Waals surface area (Å²) in [6, 6.07) is 13.1. The third-order valence-electron chi connectivity index (χ3n) is 3.54. The van der Waals surface area contributed by atoms with E-state index in [4.69, 9.17) is 4.42 Å². The number of carbonyl (C=O) groups is 1. The molecule has 25 heavy (non-hydrogen) atoms. The molecular formula is C18H15Br2N3O2. The van der Waals surface area contributed by atoms with Crippen LogP contribution >= 0.6 is 31.9 Å². The summed E-state index contributed by atoms with van der Waals surface area (Å²) >= 11 is 6.91. The van der Waals surface area contributed by atoms with E-state index < -0.39 is 5.91 Å². The molecule has 128 valence electrons. The van der Waals surface area contributed by atoms with Gasteiger partial charge in [-0.1, -0.05) is 22.0 Å². The van der Waals surface area contributed by atoms with Crippen molar-refractivity contribution in [1.29, 1.82) is 0 Å². The predicted octanol–water partition coefficient (Wildman–Crippen LogP) is 4.79. The van der Waals surface area contributed by atoms with Crippen molar-refractivity contribution < 1.29 is 9.21 Å². The Kier molecular flexibility index (Phi) is 5.24. The van der Waals surface area contributed by atoms with Gasteiger partial charge in [0.1, 0.15) is 5.58 Å². The topological polar surface area (TPSA) is 57.8 Å². The maximum absolute atomic E-state index is 12.2. The largest absolute Gasteiger partial charge is 0.451 e. The first-order valence-corrected chi connectivity index (χ1v) is 9.02. The van der Waals surface area contributed by atoms with Crippen molar-refractivity contribution in [2.24, 2.45) is 5.10 Å². The standard InChI is InChI=1S/C18H15Br2N3O2/c1-23(2)15-5-3-11(7-14(15)20)10-21-22-18(24)17-9-12-8-13(19)4-6-16(12)25-17/h3-10H,1-2H3,(H,22,24)/b21-10+. The molecule has 1 amide bonds.